The number of primary amides is 1. The van der Waals surface area contributed by atoms with E-state index in [9.17, 15) is 39.3 Å². The quantitative estimate of drug-likeness (QED) is 0.153. The van der Waals surface area contributed by atoms with Gasteiger partial charge in [-0.3, -0.25) is 28.7 Å². The van der Waals surface area contributed by atoms with Crippen LogP contribution in [0.1, 0.15) is 38.8 Å². The average molecular weight is 586 g/mol. The summed E-state index contributed by atoms with van der Waals surface area (Å²) in [5.74, 6) is -2.24. The number of carbonyl (C=O) groups is 3. The molecule has 0 aliphatic carbocycles. The maximum atomic E-state index is 13.0. The lowest BCUT2D eigenvalue weighted by Crippen LogP contribution is -2.59. The molecule has 41 heavy (non-hydrogen) atoms. The van der Waals surface area contributed by atoms with E-state index in [4.69, 9.17) is 24.7 Å². The van der Waals surface area contributed by atoms with E-state index in [2.05, 4.69) is 10.6 Å². The summed E-state index contributed by atoms with van der Waals surface area (Å²) in [6.07, 6.45) is -11.4. The van der Waals surface area contributed by atoms with Crippen LogP contribution in [0.5, 0.6) is 0 Å². The Morgan fingerprint density at radius 3 is 2.56 bits per heavy atom. The van der Waals surface area contributed by atoms with Gasteiger partial charge in [-0.25, -0.2) is 4.79 Å². The lowest BCUT2D eigenvalue weighted by molar-refractivity contribution is -0.284. The van der Waals surface area contributed by atoms with Crippen LogP contribution in [0.25, 0.3) is 0 Å². The number of ether oxygens (including phenoxy) is 4. The molecule has 3 fully saturated rings. The zero-order valence-corrected chi connectivity index (χ0v) is 22.4. The SMILES string of the molecule is CO[C@H]1[C@@H](O)[C@H](n2ccc(=O)[nH]c2=O)O[C@@H]1[C@@H](O[C@H]1O[C@H](C(=O)N[C@H]2CCC[C@@H](C)NC2=O)C[C@H](O)[C@@H]1O)C(N)=O. The minimum absolute atomic E-state index is 0.0505. The lowest BCUT2D eigenvalue weighted by atomic mass is 10.0. The Balaban J connectivity index is 1.50. The van der Waals surface area contributed by atoms with E-state index < -0.39 is 84.4 Å². The molecule has 3 aliphatic heterocycles. The number of H-pyrrole nitrogens is 1. The molecule has 3 saturated heterocycles. The summed E-state index contributed by atoms with van der Waals surface area (Å²) in [5.41, 5.74) is 3.95. The highest BCUT2D eigenvalue weighted by atomic mass is 16.7. The van der Waals surface area contributed by atoms with Crippen molar-refractivity contribution in [2.75, 3.05) is 7.11 Å². The third-order valence-electron chi connectivity index (χ3n) is 7.38. The molecule has 1 aromatic rings. The van der Waals surface area contributed by atoms with Crippen LogP contribution < -0.4 is 27.6 Å². The summed E-state index contributed by atoms with van der Waals surface area (Å²) >= 11 is 0. The molecule has 0 unspecified atom stereocenters. The van der Waals surface area contributed by atoms with Crippen molar-refractivity contribution in [3.63, 3.8) is 0 Å². The molecule has 3 amide bonds. The number of aliphatic hydroxyl groups is 3. The highest BCUT2D eigenvalue weighted by molar-refractivity contribution is 5.89. The molecule has 4 heterocycles. The zero-order chi connectivity index (χ0) is 30.0. The second-order valence-electron chi connectivity index (χ2n) is 10.3. The molecule has 0 aromatic carbocycles. The molecule has 0 radical (unpaired) electrons. The van der Waals surface area contributed by atoms with Gasteiger partial charge in [-0.05, 0) is 26.2 Å². The van der Waals surface area contributed by atoms with Crippen molar-refractivity contribution in [2.45, 2.75) is 99.9 Å². The van der Waals surface area contributed by atoms with E-state index in [0.717, 1.165) is 23.3 Å². The van der Waals surface area contributed by atoms with E-state index in [-0.39, 0.29) is 18.4 Å². The minimum atomic E-state index is -1.78. The smallest absolute Gasteiger partial charge is 0.330 e. The maximum Gasteiger partial charge on any atom is 0.330 e. The molecule has 11 atom stereocenters. The Bertz CT molecular complexity index is 1240. The third kappa shape index (κ3) is 6.66. The van der Waals surface area contributed by atoms with Crippen molar-refractivity contribution in [2.24, 2.45) is 5.73 Å². The standard InChI is InChI=1S/C24H35N5O12/c1-9-4-3-5-10(20(35)26-9)27-21(36)12-8-11(30)14(32)23(39-12)41-18(19(25)34)17-16(38-2)15(33)22(40-17)29-7-6-13(31)28-24(29)37/h6-7,9-12,14-18,22-23,30,32-33H,3-5,8H2,1-2H3,(H2,25,34)(H,26,35)(H,27,36)(H,28,31,37)/t9-,10+,11+,12+,14+,15-,16+,17+,18-,22-,23-/m1/s1. The van der Waals surface area contributed by atoms with Gasteiger partial charge in [-0.2, -0.15) is 0 Å². The van der Waals surface area contributed by atoms with Crippen molar-refractivity contribution in [3.8, 4) is 0 Å². The van der Waals surface area contributed by atoms with Gasteiger partial charge >= 0.3 is 5.69 Å². The van der Waals surface area contributed by atoms with Gasteiger partial charge < -0.3 is 50.6 Å². The maximum absolute atomic E-state index is 13.0. The van der Waals surface area contributed by atoms with Gasteiger partial charge in [0.15, 0.2) is 18.6 Å². The molecule has 17 nitrogen and oxygen atoms in total. The average Bonchev–Trinajstić information content (AvgIpc) is 3.14. The number of nitrogens with one attached hydrogen (secondary N) is 3. The summed E-state index contributed by atoms with van der Waals surface area (Å²) < 4.78 is 23.1. The zero-order valence-electron chi connectivity index (χ0n) is 22.4. The van der Waals surface area contributed by atoms with Crippen LogP contribution in [0, 0.1) is 0 Å². The molecule has 228 valence electrons. The monoisotopic (exact) mass is 585 g/mol. The Labute approximate surface area is 232 Å². The predicted molar refractivity (Wildman–Crippen MR) is 135 cm³/mol. The number of aromatic amines is 1. The van der Waals surface area contributed by atoms with Crippen molar-refractivity contribution in [1.29, 1.82) is 0 Å². The number of aromatic nitrogens is 2. The highest BCUT2D eigenvalue weighted by Crippen LogP contribution is 2.34. The van der Waals surface area contributed by atoms with E-state index in [1.807, 2.05) is 11.9 Å². The number of rotatable bonds is 8. The fourth-order valence-electron chi connectivity index (χ4n) is 5.20. The first kappa shape index (κ1) is 30.8. The van der Waals surface area contributed by atoms with Gasteiger partial charge in [-0.15, -0.1) is 0 Å². The number of aliphatic hydroxyl groups excluding tert-OH is 3. The number of hydrogen-bond donors (Lipinski definition) is 7. The van der Waals surface area contributed by atoms with Crippen molar-refractivity contribution in [1.82, 2.24) is 20.2 Å². The van der Waals surface area contributed by atoms with Crippen LogP contribution in [0.3, 0.4) is 0 Å². The fourth-order valence-corrected chi connectivity index (χ4v) is 5.20. The highest BCUT2D eigenvalue weighted by Gasteiger charge is 2.53. The molecule has 3 aliphatic rings. The molecule has 4 rings (SSSR count). The number of hydrogen-bond acceptors (Lipinski definition) is 12. The molecule has 0 spiro atoms. The third-order valence-corrected chi connectivity index (χ3v) is 7.38. The molecule has 0 saturated carbocycles. The van der Waals surface area contributed by atoms with E-state index >= 15 is 0 Å². The number of methoxy groups -OCH3 is 1. The van der Waals surface area contributed by atoms with E-state index in [1.54, 1.807) is 0 Å². The van der Waals surface area contributed by atoms with Crippen LogP contribution in [0.2, 0.25) is 0 Å². The van der Waals surface area contributed by atoms with Gasteiger partial charge in [0.25, 0.3) is 5.56 Å². The second kappa shape index (κ2) is 12.8. The van der Waals surface area contributed by atoms with Crippen molar-refractivity contribution in [3.05, 3.63) is 33.1 Å². The van der Waals surface area contributed by atoms with Crippen LogP contribution in [-0.2, 0) is 33.3 Å². The Morgan fingerprint density at radius 2 is 1.90 bits per heavy atom. The number of carbonyl (C=O) groups excluding carboxylic acids is 3. The summed E-state index contributed by atoms with van der Waals surface area (Å²) in [7, 11) is 1.20. The van der Waals surface area contributed by atoms with Gasteiger partial charge in [-0.1, -0.05) is 0 Å². The molecule has 1 aromatic heterocycles. The predicted octanol–water partition coefficient (Wildman–Crippen LogP) is -4.31. The first-order valence-corrected chi connectivity index (χ1v) is 13.2. The first-order chi connectivity index (χ1) is 19.4. The molecule has 0 bridgehead atoms. The largest absolute Gasteiger partial charge is 0.390 e. The Morgan fingerprint density at radius 1 is 1.17 bits per heavy atom. The van der Waals surface area contributed by atoms with Crippen LogP contribution in [0.4, 0.5) is 0 Å². The number of nitrogens with two attached hydrogens (primary N) is 1. The molecule has 17 heteroatoms. The van der Waals surface area contributed by atoms with Crippen LogP contribution >= 0.6 is 0 Å². The van der Waals surface area contributed by atoms with E-state index in [0.29, 0.717) is 12.8 Å². The van der Waals surface area contributed by atoms with Crippen molar-refractivity contribution >= 4 is 17.7 Å². The van der Waals surface area contributed by atoms with Gasteiger partial charge in [0.1, 0.15) is 36.6 Å². The summed E-state index contributed by atoms with van der Waals surface area (Å²) in [5, 5.41) is 37.2. The Kier molecular flexibility index (Phi) is 9.58. The summed E-state index contributed by atoms with van der Waals surface area (Å²) in [6.45, 7) is 1.85. The van der Waals surface area contributed by atoms with Crippen LogP contribution in [0.15, 0.2) is 21.9 Å². The van der Waals surface area contributed by atoms with Crippen molar-refractivity contribution < 1.29 is 48.7 Å². The number of nitrogens with zero attached hydrogens (tertiary/aromatic N) is 1. The topological polar surface area (TPSA) is 254 Å². The number of amides is 3. The molecule has 8 N–H and O–H groups in total. The Hall–Kier alpha value is -3.19. The molecular formula is C24H35N5O12. The first-order valence-electron chi connectivity index (χ1n) is 13.2. The fraction of sp³-hybridized carbons (Fsp3) is 0.708. The van der Waals surface area contributed by atoms with Gasteiger partial charge in [0.05, 0.1) is 6.10 Å². The van der Waals surface area contributed by atoms with Crippen LogP contribution in [-0.4, -0.2) is 111 Å². The second-order valence-corrected chi connectivity index (χ2v) is 10.3. The molecular weight excluding hydrogens is 550 g/mol. The summed E-state index contributed by atoms with van der Waals surface area (Å²) in [6, 6.07) is 0.139. The normalized spacial score (nSPS) is 36.7. The van der Waals surface area contributed by atoms with E-state index in [1.165, 1.54) is 7.11 Å². The summed E-state index contributed by atoms with van der Waals surface area (Å²) in [4.78, 5) is 63.6. The van der Waals surface area contributed by atoms with Gasteiger partial charge in [0.2, 0.25) is 17.7 Å². The lowest BCUT2D eigenvalue weighted by Gasteiger charge is -2.38. The van der Waals surface area contributed by atoms with Gasteiger partial charge in [0, 0.05) is 31.8 Å². The minimum Gasteiger partial charge on any atom is -0.390 e.